The second-order valence-corrected chi connectivity index (χ2v) is 8.27. The van der Waals surface area contributed by atoms with Crippen molar-refractivity contribution in [3.05, 3.63) is 53.1 Å². The maximum atomic E-state index is 12.5. The van der Waals surface area contributed by atoms with Crippen LogP contribution in [-0.4, -0.2) is 38.3 Å². The van der Waals surface area contributed by atoms with Crippen LogP contribution < -0.4 is 10.6 Å². The number of hydrogen-bond donors (Lipinski definition) is 2. The third-order valence-electron chi connectivity index (χ3n) is 4.19. The van der Waals surface area contributed by atoms with Crippen LogP contribution in [0.5, 0.6) is 0 Å². The third kappa shape index (κ3) is 5.22. The summed E-state index contributed by atoms with van der Waals surface area (Å²) in [6.07, 6.45) is 0. The van der Waals surface area contributed by atoms with Gasteiger partial charge in [0.1, 0.15) is 0 Å². The average molecular weight is 410 g/mol. The fourth-order valence-corrected chi connectivity index (χ4v) is 4.21. The molecule has 0 radical (unpaired) electrons. The van der Waals surface area contributed by atoms with Crippen molar-refractivity contribution in [3.63, 3.8) is 0 Å². The van der Waals surface area contributed by atoms with Crippen LogP contribution in [0.4, 0.5) is 11.4 Å². The monoisotopic (exact) mass is 409 g/mol. The molecule has 2 aromatic carbocycles. The van der Waals surface area contributed by atoms with Gasteiger partial charge in [0, 0.05) is 29.5 Å². The quantitative estimate of drug-likeness (QED) is 0.696. The Hall–Kier alpha value is -2.09. The largest absolute Gasteiger partial charge is 0.376 e. The summed E-state index contributed by atoms with van der Waals surface area (Å²) in [6, 6.07) is 11.7. The van der Waals surface area contributed by atoms with Crippen molar-refractivity contribution in [1.29, 1.82) is 0 Å². The Balaban J connectivity index is 1.99. The van der Waals surface area contributed by atoms with Gasteiger partial charge in [0.15, 0.2) is 0 Å². The predicted molar refractivity (Wildman–Crippen MR) is 110 cm³/mol. The molecule has 8 heteroatoms. The van der Waals surface area contributed by atoms with Gasteiger partial charge >= 0.3 is 0 Å². The molecule has 0 atom stereocenters. The standard InChI is InChI=1S/C19H24ClN3O3S/c1-4-23(5-2)27(25,26)16-11-9-15(10-12-16)21-13-19(24)22-18-8-6-7-17(20)14(18)3/h6-12,21H,4-5,13H2,1-3H3,(H,22,24). The lowest BCUT2D eigenvalue weighted by Gasteiger charge is -2.18. The molecule has 27 heavy (non-hydrogen) atoms. The summed E-state index contributed by atoms with van der Waals surface area (Å²) >= 11 is 6.05. The topological polar surface area (TPSA) is 78.5 Å². The van der Waals surface area contributed by atoms with Crippen molar-refractivity contribution in [2.75, 3.05) is 30.3 Å². The van der Waals surface area contributed by atoms with E-state index in [4.69, 9.17) is 11.6 Å². The highest BCUT2D eigenvalue weighted by Gasteiger charge is 2.21. The van der Waals surface area contributed by atoms with E-state index in [0.717, 1.165) is 5.56 Å². The molecule has 6 nitrogen and oxygen atoms in total. The average Bonchev–Trinajstić information content (AvgIpc) is 2.65. The maximum Gasteiger partial charge on any atom is 0.243 e. The first-order valence-electron chi connectivity index (χ1n) is 8.68. The Morgan fingerprint density at radius 2 is 1.70 bits per heavy atom. The first kappa shape index (κ1) is 21.2. The van der Waals surface area contributed by atoms with Crippen LogP contribution in [0.1, 0.15) is 19.4 Å². The molecular formula is C19H24ClN3O3S. The van der Waals surface area contributed by atoms with Gasteiger partial charge in [0.05, 0.1) is 11.4 Å². The number of carbonyl (C=O) groups is 1. The van der Waals surface area contributed by atoms with Gasteiger partial charge in [-0.25, -0.2) is 8.42 Å². The summed E-state index contributed by atoms with van der Waals surface area (Å²) in [5, 5.41) is 6.37. The first-order valence-corrected chi connectivity index (χ1v) is 10.5. The Morgan fingerprint density at radius 3 is 2.30 bits per heavy atom. The number of amides is 1. The number of nitrogens with one attached hydrogen (secondary N) is 2. The summed E-state index contributed by atoms with van der Waals surface area (Å²) in [5.41, 5.74) is 2.12. The van der Waals surface area contributed by atoms with Gasteiger partial charge in [-0.2, -0.15) is 4.31 Å². The predicted octanol–water partition coefficient (Wildman–Crippen LogP) is 3.73. The molecule has 2 N–H and O–H groups in total. The van der Waals surface area contributed by atoms with Gasteiger partial charge in [-0.15, -0.1) is 0 Å². The molecule has 0 saturated heterocycles. The molecule has 0 spiro atoms. The zero-order chi connectivity index (χ0) is 20.0. The lowest BCUT2D eigenvalue weighted by molar-refractivity contribution is -0.114. The molecule has 0 unspecified atom stereocenters. The Bertz CT molecular complexity index is 895. The van der Waals surface area contributed by atoms with E-state index in [1.54, 1.807) is 44.2 Å². The number of benzene rings is 2. The minimum absolute atomic E-state index is 0.0497. The number of rotatable bonds is 8. The van der Waals surface area contributed by atoms with Gasteiger partial charge in [0.25, 0.3) is 0 Å². The van der Waals surface area contributed by atoms with Crippen LogP contribution in [0.3, 0.4) is 0 Å². The zero-order valence-corrected chi connectivity index (χ0v) is 17.2. The van der Waals surface area contributed by atoms with Crippen LogP contribution >= 0.6 is 11.6 Å². The van der Waals surface area contributed by atoms with Crippen molar-refractivity contribution in [1.82, 2.24) is 4.31 Å². The van der Waals surface area contributed by atoms with Crippen molar-refractivity contribution in [2.45, 2.75) is 25.7 Å². The van der Waals surface area contributed by atoms with E-state index in [9.17, 15) is 13.2 Å². The minimum atomic E-state index is -3.49. The molecule has 146 valence electrons. The highest BCUT2D eigenvalue weighted by molar-refractivity contribution is 7.89. The summed E-state index contributed by atoms with van der Waals surface area (Å²) in [6.45, 7) is 6.33. The molecule has 0 aliphatic carbocycles. The third-order valence-corrected chi connectivity index (χ3v) is 6.67. The van der Waals surface area contributed by atoms with Crippen molar-refractivity contribution in [2.24, 2.45) is 0 Å². The fraction of sp³-hybridized carbons (Fsp3) is 0.316. The molecule has 0 aromatic heterocycles. The molecule has 0 heterocycles. The van der Waals surface area contributed by atoms with Crippen LogP contribution in [0.2, 0.25) is 5.02 Å². The summed E-state index contributed by atoms with van der Waals surface area (Å²) in [5.74, 6) is -0.222. The summed E-state index contributed by atoms with van der Waals surface area (Å²) < 4.78 is 26.3. The van der Waals surface area contributed by atoms with E-state index < -0.39 is 10.0 Å². The number of nitrogens with zero attached hydrogens (tertiary/aromatic N) is 1. The van der Waals surface area contributed by atoms with Crippen molar-refractivity contribution < 1.29 is 13.2 Å². The maximum absolute atomic E-state index is 12.5. The van der Waals surface area contributed by atoms with Gasteiger partial charge in [-0.3, -0.25) is 4.79 Å². The van der Waals surface area contributed by atoms with Crippen LogP contribution in [-0.2, 0) is 14.8 Å². The lowest BCUT2D eigenvalue weighted by Crippen LogP contribution is -2.30. The fourth-order valence-electron chi connectivity index (χ4n) is 2.58. The SMILES string of the molecule is CCN(CC)S(=O)(=O)c1ccc(NCC(=O)Nc2cccc(Cl)c2C)cc1. The van der Waals surface area contributed by atoms with E-state index in [-0.39, 0.29) is 17.3 Å². The van der Waals surface area contributed by atoms with Crippen molar-refractivity contribution >= 4 is 38.9 Å². The Labute approximate surface area is 165 Å². The molecular weight excluding hydrogens is 386 g/mol. The first-order chi connectivity index (χ1) is 12.8. The van der Waals surface area contributed by atoms with Crippen LogP contribution in [0.15, 0.2) is 47.4 Å². The molecule has 0 saturated carbocycles. The molecule has 1 amide bonds. The van der Waals surface area contributed by atoms with Crippen LogP contribution in [0, 0.1) is 6.92 Å². The Kier molecular flexibility index (Phi) is 7.24. The molecule has 0 bridgehead atoms. The van der Waals surface area contributed by atoms with Gasteiger partial charge in [-0.1, -0.05) is 31.5 Å². The molecule has 0 aliphatic heterocycles. The number of hydrogen-bond acceptors (Lipinski definition) is 4. The molecule has 2 rings (SSSR count). The molecule has 0 fully saturated rings. The normalized spacial score (nSPS) is 11.4. The van der Waals surface area contributed by atoms with E-state index in [1.807, 2.05) is 6.92 Å². The number of anilines is 2. The second kappa shape index (κ2) is 9.21. The molecule has 0 aliphatic rings. The van der Waals surface area contributed by atoms with Gasteiger partial charge in [-0.05, 0) is 48.9 Å². The second-order valence-electron chi connectivity index (χ2n) is 5.93. The van der Waals surface area contributed by atoms with E-state index in [2.05, 4.69) is 10.6 Å². The minimum Gasteiger partial charge on any atom is -0.376 e. The lowest BCUT2D eigenvalue weighted by atomic mass is 10.2. The number of halogens is 1. The summed E-state index contributed by atoms with van der Waals surface area (Å²) in [7, 11) is -3.49. The highest BCUT2D eigenvalue weighted by Crippen LogP contribution is 2.23. The van der Waals surface area contributed by atoms with Gasteiger partial charge < -0.3 is 10.6 Å². The molecule has 2 aromatic rings. The van der Waals surface area contributed by atoms with Crippen LogP contribution in [0.25, 0.3) is 0 Å². The van der Waals surface area contributed by atoms with Gasteiger partial charge in [0.2, 0.25) is 15.9 Å². The number of carbonyl (C=O) groups excluding carboxylic acids is 1. The smallest absolute Gasteiger partial charge is 0.243 e. The van der Waals surface area contributed by atoms with Crippen molar-refractivity contribution in [3.8, 4) is 0 Å². The highest BCUT2D eigenvalue weighted by atomic mass is 35.5. The van der Waals surface area contributed by atoms with E-state index >= 15 is 0 Å². The zero-order valence-electron chi connectivity index (χ0n) is 15.6. The van der Waals surface area contributed by atoms with E-state index in [0.29, 0.717) is 29.5 Å². The summed E-state index contributed by atoms with van der Waals surface area (Å²) in [4.78, 5) is 12.4. The number of sulfonamides is 1. The Morgan fingerprint density at radius 1 is 1.07 bits per heavy atom. The van der Waals surface area contributed by atoms with E-state index in [1.165, 1.54) is 16.4 Å².